The Hall–Kier alpha value is -3.00. The third kappa shape index (κ3) is 4.43. The molecule has 0 aliphatic carbocycles. The molecular formula is C22H28N6O2. The lowest BCUT2D eigenvalue weighted by Crippen LogP contribution is -2.60. The molecule has 0 saturated carbocycles. The second-order valence-electron chi connectivity index (χ2n) is 9.06. The van der Waals surface area contributed by atoms with E-state index in [1.807, 2.05) is 0 Å². The van der Waals surface area contributed by atoms with E-state index < -0.39 is 6.98 Å². The van der Waals surface area contributed by atoms with Crippen LogP contribution in [-0.4, -0.2) is 47.3 Å². The van der Waals surface area contributed by atoms with Gasteiger partial charge in [0.25, 0.3) is 0 Å². The van der Waals surface area contributed by atoms with Crippen molar-refractivity contribution >= 4 is 0 Å². The first kappa shape index (κ1) is 16.8. The highest BCUT2D eigenvalue weighted by Gasteiger charge is 2.38. The number of nitrogens with one attached hydrogen (secondary N) is 1. The maximum atomic E-state index is 10.5. The minimum absolute atomic E-state index is 0.0121. The van der Waals surface area contributed by atoms with Crippen LogP contribution < -0.4 is 10.1 Å². The molecule has 1 saturated heterocycles. The van der Waals surface area contributed by atoms with E-state index in [1.165, 1.54) is 24.7 Å². The summed E-state index contributed by atoms with van der Waals surface area (Å²) < 4.78 is 29.2. The molecule has 8 heteroatoms. The largest absolute Gasteiger partial charge is 0.506 e. The van der Waals surface area contributed by atoms with E-state index in [9.17, 15) is 5.11 Å². The zero-order valence-electron chi connectivity index (χ0n) is 20.5. The predicted molar refractivity (Wildman–Crippen MR) is 114 cm³/mol. The van der Waals surface area contributed by atoms with Crippen molar-refractivity contribution in [2.45, 2.75) is 57.7 Å². The number of aryl methyl sites for hydroxylation is 1. The maximum Gasteiger partial charge on any atom is 0.233 e. The number of ether oxygens (including phenoxy) is 1. The molecule has 158 valence electrons. The predicted octanol–water partition coefficient (Wildman–Crippen LogP) is 3.33. The number of piperidine rings is 1. The van der Waals surface area contributed by atoms with E-state index in [0.29, 0.717) is 22.7 Å². The molecule has 1 aliphatic rings. The standard InChI is InChI=1S/C22H28N6O2/c1-21(2)9-16(10-22(3,4)27-21)30-19-7-6-17(25-26-19)20-18(29)8-14(11-23-20)15-12-24-28(5)13-15/h6-8,11-13,16,27,29H,9-10H2,1-5H3/i5D3. The van der Waals surface area contributed by atoms with Crippen molar-refractivity contribution < 1.29 is 14.0 Å². The van der Waals surface area contributed by atoms with Crippen molar-refractivity contribution in [2.75, 3.05) is 0 Å². The Morgan fingerprint density at radius 3 is 2.50 bits per heavy atom. The number of hydrogen-bond acceptors (Lipinski definition) is 7. The molecule has 0 atom stereocenters. The molecule has 0 spiro atoms. The molecule has 8 nitrogen and oxygen atoms in total. The van der Waals surface area contributed by atoms with E-state index in [0.717, 1.165) is 17.5 Å². The summed E-state index contributed by atoms with van der Waals surface area (Å²) in [5.41, 5.74) is 1.65. The fraction of sp³-hybridized carbons (Fsp3) is 0.455. The third-order valence-electron chi connectivity index (χ3n) is 5.11. The van der Waals surface area contributed by atoms with E-state index in [4.69, 9.17) is 8.85 Å². The number of aromatic hydroxyl groups is 1. The van der Waals surface area contributed by atoms with Crippen molar-refractivity contribution in [3.05, 3.63) is 36.8 Å². The van der Waals surface area contributed by atoms with Gasteiger partial charge in [-0.1, -0.05) is 0 Å². The zero-order chi connectivity index (χ0) is 24.0. The molecule has 1 aliphatic heterocycles. The van der Waals surface area contributed by atoms with Gasteiger partial charge in [0.15, 0.2) is 0 Å². The summed E-state index contributed by atoms with van der Waals surface area (Å²) >= 11 is 0. The first-order chi connectivity index (χ1) is 15.3. The Morgan fingerprint density at radius 1 is 1.13 bits per heavy atom. The van der Waals surface area contributed by atoms with E-state index in [2.05, 4.69) is 53.3 Å². The first-order valence-corrected chi connectivity index (χ1v) is 9.86. The van der Waals surface area contributed by atoms with E-state index in [-0.39, 0.29) is 28.6 Å². The summed E-state index contributed by atoms with van der Waals surface area (Å²) in [5.74, 6) is 0.324. The Morgan fingerprint density at radius 2 is 1.90 bits per heavy atom. The third-order valence-corrected chi connectivity index (χ3v) is 5.11. The molecule has 3 aromatic rings. The second kappa shape index (κ2) is 7.36. The summed E-state index contributed by atoms with van der Waals surface area (Å²) in [6, 6.07) is 4.92. The smallest absolute Gasteiger partial charge is 0.233 e. The molecule has 2 N–H and O–H groups in total. The SMILES string of the molecule is [2H]C([2H])([2H])n1cc(-c2cnc(-c3ccc(OC4CC(C)(C)NC(C)(C)C4)nn3)c(O)c2)cn1. The first-order valence-electron chi connectivity index (χ1n) is 11.4. The number of nitrogens with zero attached hydrogens (tertiary/aromatic N) is 5. The van der Waals surface area contributed by atoms with Crippen molar-refractivity contribution in [2.24, 2.45) is 6.98 Å². The molecule has 0 amide bonds. The minimum Gasteiger partial charge on any atom is -0.506 e. The molecule has 4 heterocycles. The fourth-order valence-electron chi connectivity index (χ4n) is 4.27. The van der Waals surface area contributed by atoms with Crippen molar-refractivity contribution in [3.63, 3.8) is 0 Å². The average molecular weight is 412 g/mol. The Balaban J connectivity index is 1.49. The van der Waals surface area contributed by atoms with Gasteiger partial charge in [0.1, 0.15) is 23.2 Å². The van der Waals surface area contributed by atoms with Crippen LogP contribution in [0.1, 0.15) is 44.6 Å². The van der Waals surface area contributed by atoms with Gasteiger partial charge in [-0.2, -0.15) is 5.10 Å². The topological polar surface area (TPSA) is 98.0 Å². The van der Waals surface area contributed by atoms with Crippen LogP contribution in [0, 0.1) is 0 Å². The number of hydrogen-bond donors (Lipinski definition) is 2. The van der Waals surface area contributed by atoms with E-state index >= 15 is 0 Å². The van der Waals surface area contributed by atoms with Crippen LogP contribution in [-0.2, 0) is 6.98 Å². The maximum absolute atomic E-state index is 10.5. The van der Waals surface area contributed by atoms with Crippen LogP contribution >= 0.6 is 0 Å². The van der Waals surface area contributed by atoms with Crippen LogP contribution in [0.25, 0.3) is 22.5 Å². The molecule has 1 fully saturated rings. The van der Waals surface area contributed by atoms with Crippen molar-refractivity contribution in [1.29, 1.82) is 0 Å². The van der Waals surface area contributed by atoms with Gasteiger partial charge in [0.2, 0.25) is 5.88 Å². The van der Waals surface area contributed by atoms with Gasteiger partial charge >= 0.3 is 0 Å². The summed E-state index contributed by atoms with van der Waals surface area (Å²) in [4.78, 5) is 4.30. The normalized spacial score (nSPS) is 20.2. The van der Waals surface area contributed by atoms with Crippen molar-refractivity contribution in [1.82, 2.24) is 30.3 Å². The van der Waals surface area contributed by atoms with Crippen molar-refractivity contribution in [3.8, 4) is 34.1 Å². The highest BCUT2D eigenvalue weighted by molar-refractivity contribution is 5.69. The van der Waals surface area contributed by atoms with Crippen LogP contribution in [0.2, 0.25) is 0 Å². The summed E-state index contributed by atoms with van der Waals surface area (Å²) in [6.07, 6.45) is 6.04. The lowest BCUT2D eigenvalue weighted by molar-refractivity contribution is 0.0524. The van der Waals surface area contributed by atoms with Crippen LogP contribution in [0.5, 0.6) is 11.6 Å². The summed E-state index contributed by atoms with van der Waals surface area (Å²) in [5, 5.41) is 26.4. The molecule has 30 heavy (non-hydrogen) atoms. The molecular weight excluding hydrogens is 380 g/mol. The van der Waals surface area contributed by atoms with Gasteiger partial charge < -0.3 is 15.2 Å². The number of rotatable bonds is 4. The number of aromatic nitrogens is 5. The van der Waals surface area contributed by atoms with Crippen LogP contribution in [0.3, 0.4) is 0 Å². The Labute approximate surface area is 180 Å². The highest BCUT2D eigenvalue weighted by Crippen LogP contribution is 2.32. The van der Waals surface area contributed by atoms with Gasteiger partial charge in [0.05, 0.1) is 6.20 Å². The highest BCUT2D eigenvalue weighted by atomic mass is 16.5. The lowest BCUT2D eigenvalue weighted by atomic mass is 9.81. The summed E-state index contributed by atoms with van der Waals surface area (Å²) in [6.45, 7) is 6.26. The quantitative estimate of drug-likeness (QED) is 0.679. The molecule has 0 unspecified atom stereocenters. The van der Waals surface area contributed by atoms with E-state index in [1.54, 1.807) is 12.1 Å². The monoisotopic (exact) mass is 411 g/mol. The van der Waals surface area contributed by atoms with Gasteiger partial charge in [-0.3, -0.25) is 4.68 Å². The van der Waals surface area contributed by atoms with Gasteiger partial charge in [-0.15, -0.1) is 10.2 Å². The molecule has 0 bridgehead atoms. The molecule has 0 aromatic carbocycles. The van der Waals surface area contributed by atoms with Crippen LogP contribution in [0.4, 0.5) is 0 Å². The fourth-order valence-corrected chi connectivity index (χ4v) is 4.27. The Bertz CT molecular complexity index is 1130. The molecule has 0 radical (unpaired) electrons. The van der Waals surface area contributed by atoms with Gasteiger partial charge in [0, 0.05) is 64.6 Å². The van der Waals surface area contributed by atoms with Gasteiger partial charge in [-0.05, 0) is 39.8 Å². The summed E-state index contributed by atoms with van der Waals surface area (Å²) in [7, 11) is 0. The average Bonchev–Trinajstić information content (AvgIpc) is 3.17. The second-order valence-corrected chi connectivity index (χ2v) is 9.06. The molecule has 4 rings (SSSR count). The Kier molecular flexibility index (Phi) is 4.11. The zero-order valence-corrected chi connectivity index (χ0v) is 17.5. The van der Waals surface area contributed by atoms with Crippen LogP contribution in [0.15, 0.2) is 36.8 Å². The minimum atomic E-state index is -2.37. The lowest BCUT2D eigenvalue weighted by Gasteiger charge is -2.46. The molecule has 3 aromatic heterocycles. The van der Waals surface area contributed by atoms with Gasteiger partial charge in [-0.25, -0.2) is 4.98 Å². The number of pyridine rings is 1.